The lowest BCUT2D eigenvalue weighted by atomic mass is 9.96. The first-order chi connectivity index (χ1) is 13.3. The maximum Gasteiger partial charge on any atom is 0.225 e. The molecule has 6 nitrogen and oxygen atoms in total. The first kappa shape index (κ1) is 21.5. The molecule has 1 aromatic rings. The highest BCUT2D eigenvalue weighted by molar-refractivity contribution is 5.79. The highest BCUT2D eigenvalue weighted by Crippen LogP contribution is 2.17. The molecule has 2 saturated heterocycles. The van der Waals surface area contributed by atoms with E-state index in [1.54, 1.807) is 0 Å². The molecule has 0 aliphatic carbocycles. The third-order valence-electron chi connectivity index (χ3n) is 5.19. The molecule has 2 fully saturated rings. The van der Waals surface area contributed by atoms with E-state index in [1.165, 1.54) is 0 Å². The van der Waals surface area contributed by atoms with Crippen molar-refractivity contribution in [2.75, 3.05) is 64.8 Å². The van der Waals surface area contributed by atoms with Gasteiger partial charge in [-0.25, -0.2) is 0 Å². The van der Waals surface area contributed by atoms with Crippen molar-refractivity contribution < 1.29 is 9.53 Å². The lowest BCUT2D eigenvalue weighted by molar-refractivity contribution is -0.138. The van der Waals surface area contributed by atoms with Crippen LogP contribution in [0.25, 0.3) is 0 Å². The van der Waals surface area contributed by atoms with Crippen LogP contribution in [-0.2, 0) is 4.79 Å². The number of nitrogens with one attached hydrogen (secondary N) is 2. The van der Waals surface area contributed by atoms with Gasteiger partial charge in [-0.1, -0.05) is 13.8 Å². The fraction of sp³-hybridized carbons (Fsp3) is 0.667. The van der Waals surface area contributed by atoms with Crippen molar-refractivity contribution in [3.05, 3.63) is 24.3 Å². The summed E-state index contributed by atoms with van der Waals surface area (Å²) in [6, 6.07) is 8.00. The summed E-state index contributed by atoms with van der Waals surface area (Å²) in [5.41, 5.74) is 1.09. The van der Waals surface area contributed by atoms with E-state index in [0.29, 0.717) is 12.5 Å². The van der Waals surface area contributed by atoms with Gasteiger partial charge in [0.25, 0.3) is 0 Å². The molecule has 0 bridgehead atoms. The Labute approximate surface area is 164 Å². The number of nitrogens with zero attached hydrogens (tertiary/aromatic N) is 2. The maximum absolute atomic E-state index is 12.6. The van der Waals surface area contributed by atoms with Gasteiger partial charge in [-0.05, 0) is 50.2 Å². The Morgan fingerprint density at radius 2 is 1.74 bits per heavy atom. The number of piperidine rings is 1. The Kier molecular flexibility index (Phi) is 9.42. The molecular weight excluding hydrogens is 340 g/mol. The highest BCUT2D eigenvalue weighted by atomic mass is 16.5. The summed E-state index contributed by atoms with van der Waals surface area (Å²) in [6.07, 6.45) is 1.97. The van der Waals surface area contributed by atoms with Gasteiger partial charge in [-0.15, -0.1) is 0 Å². The minimum atomic E-state index is 0.233. The zero-order valence-corrected chi connectivity index (χ0v) is 17.2. The second-order valence-corrected chi connectivity index (χ2v) is 6.81. The minimum Gasteiger partial charge on any atom is -0.492 e. The van der Waals surface area contributed by atoms with Crippen molar-refractivity contribution in [3.63, 3.8) is 0 Å². The number of amides is 1. The number of piperazine rings is 1. The van der Waals surface area contributed by atoms with Crippen molar-refractivity contribution in [2.45, 2.75) is 26.7 Å². The van der Waals surface area contributed by atoms with Gasteiger partial charge < -0.3 is 20.3 Å². The van der Waals surface area contributed by atoms with Crippen LogP contribution < -0.4 is 15.4 Å². The molecule has 0 atom stereocenters. The fourth-order valence-electron chi connectivity index (χ4n) is 3.53. The number of ether oxygens (including phenoxy) is 1. The SMILES string of the molecule is CC.CNc1ccc(OCCN2CCN(C(=O)C3CCNCC3)CC2)cc1. The van der Waals surface area contributed by atoms with E-state index in [1.807, 2.05) is 45.2 Å². The van der Waals surface area contributed by atoms with Crippen LogP contribution in [-0.4, -0.2) is 75.2 Å². The van der Waals surface area contributed by atoms with Crippen LogP contribution in [0.4, 0.5) is 5.69 Å². The molecule has 6 heteroatoms. The van der Waals surface area contributed by atoms with Gasteiger partial charge in [0, 0.05) is 51.4 Å². The van der Waals surface area contributed by atoms with Gasteiger partial charge >= 0.3 is 0 Å². The molecule has 2 aliphatic rings. The van der Waals surface area contributed by atoms with Gasteiger partial charge in [0.1, 0.15) is 12.4 Å². The number of hydrogen-bond donors (Lipinski definition) is 2. The largest absolute Gasteiger partial charge is 0.492 e. The molecule has 1 amide bonds. The second-order valence-electron chi connectivity index (χ2n) is 6.81. The molecule has 0 radical (unpaired) electrons. The zero-order chi connectivity index (χ0) is 19.5. The quantitative estimate of drug-likeness (QED) is 0.798. The molecule has 0 saturated carbocycles. The predicted octanol–water partition coefficient (Wildman–Crippen LogP) is 2.28. The Hall–Kier alpha value is -1.79. The lowest BCUT2D eigenvalue weighted by Crippen LogP contribution is -2.52. The van der Waals surface area contributed by atoms with Gasteiger partial charge in [0.2, 0.25) is 5.91 Å². The molecule has 2 heterocycles. The minimum absolute atomic E-state index is 0.233. The van der Waals surface area contributed by atoms with Crippen molar-refractivity contribution in [2.24, 2.45) is 5.92 Å². The van der Waals surface area contributed by atoms with Gasteiger partial charge in [0.15, 0.2) is 0 Å². The molecule has 2 aliphatic heterocycles. The number of anilines is 1. The Bertz CT molecular complexity index is 536. The number of benzene rings is 1. The smallest absolute Gasteiger partial charge is 0.225 e. The van der Waals surface area contributed by atoms with Crippen LogP contribution in [0.5, 0.6) is 5.75 Å². The van der Waals surface area contributed by atoms with E-state index in [0.717, 1.165) is 70.1 Å². The second kappa shape index (κ2) is 11.8. The summed E-state index contributed by atoms with van der Waals surface area (Å²) in [7, 11) is 1.91. The number of rotatable bonds is 6. The summed E-state index contributed by atoms with van der Waals surface area (Å²) in [5.74, 6) is 1.50. The molecule has 27 heavy (non-hydrogen) atoms. The Morgan fingerprint density at radius 3 is 2.33 bits per heavy atom. The Morgan fingerprint density at radius 1 is 1.11 bits per heavy atom. The van der Waals surface area contributed by atoms with E-state index < -0.39 is 0 Å². The normalized spacial score (nSPS) is 18.4. The molecule has 0 aromatic heterocycles. The molecule has 152 valence electrons. The third kappa shape index (κ3) is 6.70. The summed E-state index contributed by atoms with van der Waals surface area (Å²) in [5, 5.41) is 6.43. The average Bonchev–Trinajstić information content (AvgIpc) is 2.76. The van der Waals surface area contributed by atoms with Crippen LogP contribution in [0.3, 0.4) is 0 Å². The lowest BCUT2D eigenvalue weighted by Gasteiger charge is -2.37. The van der Waals surface area contributed by atoms with Crippen molar-refractivity contribution >= 4 is 11.6 Å². The molecule has 0 spiro atoms. The monoisotopic (exact) mass is 376 g/mol. The topological polar surface area (TPSA) is 56.8 Å². The average molecular weight is 377 g/mol. The van der Waals surface area contributed by atoms with Crippen molar-refractivity contribution in [1.82, 2.24) is 15.1 Å². The van der Waals surface area contributed by atoms with Crippen LogP contribution in [0.2, 0.25) is 0 Å². The number of carbonyl (C=O) groups excluding carboxylic acids is 1. The van der Waals surface area contributed by atoms with E-state index in [-0.39, 0.29) is 5.92 Å². The molecular formula is C21H36N4O2. The first-order valence-corrected chi connectivity index (χ1v) is 10.4. The molecule has 1 aromatic carbocycles. The summed E-state index contributed by atoms with van der Waals surface area (Å²) >= 11 is 0. The van der Waals surface area contributed by atoms with E-state index >= 15 is 0 Å². The van der Waals surface area contributed by atoms with Gasteiger partial charge in [0.05, 0.1) is 0 Å². The van der Waals surface area contributed by atoms with Crippen LogP contribution >= 0.6 is 0 Å². The van der Waals surface area contributed by atoms with E-state index in [9.17, 15) is 4.79 Å². The van der Waals surface area contributed by atoms with Crippen molar-refractivity contribution in [3.8, 4) is 5.75 Å². The van der Waals surface area contributed by atoms with E-state index in [4.69, 9.17) is 4.74 Å². The first-order valence-electron chi connectivity index (χ1n) is 10.4. The van der Waals surface area contributed by atoms with Crippen LogP contribution in [0.1, 0.15) is 26.7 Å². The molecule has 0 unspecified atom stereocenters. The fourth-order valence-corrected chi connectivity index (χ4v) is 3.53. The highest BCUT2D eigenvalue weighted by Gasteiger charge is 2.28. The predicted molar refractivity (Wildman–Crippen MR) is 111 cm³/mol. The summed E-state index contributed by atoms with van der Waals surface area (Å²) in [6.45, 7) is 11.1. The number of carbonyl (C=O) groups is 1. The Balaban J connectivity index is 0.00000126. The van der Waals surface area contributed by atoms with Crippen LogP contribution in [0, 0.1) is 5.92 Å². The maximum atomic E-state index is 12.6. The van der Waals surface area contributed by atoms with Gasteiger partial charge in [-0.3, -0.25) is 9.69 Å². The molecule has 3 rings (SSSR count). The standard InChI is InChI=1S/C19H30N4O2.C2H6/c1-20-17-2-4-18(5-3-17)25-15-14-22-10-12-23(13-11-22)19(24)16-6-8-21-9-7-16;1-2/h2-5,16,20-21H,6-15H2,1H3;1-2H3. The van der Waals surface area contributed by atoms with Crippen molar-refractivity contribution in [1.29, 1.82) is 0 Å². The number of hydrogen-bond acceptors (Lipinski definition) is 5. The summed E-state index contributed by atoms with van der Waals surface area (Å²) in [4.78, 5) is 17.0. The van der Waals surface area contributed by atoms with Gasteiger partial charge in [-0.2, -0.15) is 0 Å². The zero-order valence-electron chi connectivity index (χ0n) is 17.2. The van der Waals surface area contributed by atoms with Crippen LogP contribution in [0.15, 0.2) is 24.3 Å². The third-order valence-corrected chi connectivity index (χ3v) is 5.19. The van der Waals surface area contributed by atoms with E-state index in [2.05, 4.69) is 20.4 Å². The summed E-state index contributed by atoms with van der Waals surface area (Å²) < 4.78 is 5.82. The molecule has 2 N–H and O–H groups in total.